The maximum atomic E-state index is 11.8. The van der Waals surface area contributed by atoms with Crippen molar-refractivity contribution >= 4 is 0 Å². The highest BCUT2D eigenvalue weighted by Gasteiger charge is 2.30. The molecule has 5 heteroatoms. The Bertz CT molecular complexity index is 214. The molecule has 0 aliphatic heterocycles. The number of alkyl halides is 3. The van der Waals surface area contributed by atoms with Crippen LogP contribution in [0.1, 0.15) is 0 Å². The van der Waals surface area contributed by atoms with Crippen molar-refractivity contribution in [2.75, 3.05) is 0 Å². The number of hydrogen-bond donors (Lipinski definition) is 0. The van der Waals surface area contributed by atoms with Crippen LogP contribution in [0.4, 0.5) is 17.6 Å². The Kier molecular flexibility index (Phi) is 3.53. The largest absolute Gasteiger partial charge is 0.573 e. The van der Waals surface area contributed by atoms with E-state index in [0.29, 0.717) is 6.08 Å². The van der Waals surface area contributed by atoms with Gasteiger partial charge in [-0.25, -0.2) is 4.39 Å². The van der Waals surface area contributed by atoms with Gasteiger partial charge in [-0.2, -0.15) is 0 Å². The zero-order valence-corrected chi connectivity index (χ0v) is 5.99. The fourth-order valence-electron chi connectivity index (χ4n) is 0.366. The van der Waals surface area contributed by atoms with Crippen LogP contribution in [0.5, 0.6) is 0 Å². The molecule has 0 unspecified atom stereocenters. The topological polar surface area (TPSA) is 9.23 Å². The summed E-state index contributed by atoms with van der Waals surface area (Å²) in [5.41, 5.74) is 0. The van der Waals surface area contributed by atoms with Gasteiger partial charge < -0.3 is 4.74 Å². The molecule has 68 valence electrons. The van der Waals surface area contributed by atoms with Gasteiger partial charge in [-0.1, -0.05) is 13.2 Å². The van der Waals surface area contributed by atoms with Gasteiger partial charge in [0.05, 0.1) is 0 Å². The van der Waals surface area contributed by atoms with Gasteiger partial charge in [0.15, 0.2) is 0 Å². The van der Waals surface area contributed by atoms with Crippen LogP contribution >= 0.6 is 0 Å². The van der Waals surface area contributed by atoms with Crippen LogP contribution < -0.4 is 0 Å². The summed E-state index contributed by atoms with van der Waals surface area (Å²) in [6, 6.07) is 0. The second-order valence-corrected chi connectivity index (χ2v) is 1.79. The van der Waals surface area contributed by atoms with Crippen LogP contribution in [-0.2, 0) is 4.74 Å². The number of allylic oxidation sites excluding steroid dienone is 3. The standard InChI is InChI=1S/C7H6F4O/c1-5(8)3-4-6(2)12-7(9,10)11/h3-4H,1-2H2/b4-3-. The van der Waals surface area contributed by atoms with Crippen LogP contribution in [0.25, 0.3) is 0 Å². The van der Waals surface area contributed by atoms with E-state index in [2.05, 4.69) is 17.9 Å². The van der Waals surface area contributed by atoms with Gasteiger partial charge in [-0.05, 0) is 12.2 Å². The van der Waals surface area contributed by atoms with Crippen molar-refractivity contribution in [3.8, 4) is 0 Å². The second kappa shape index (κ2) is 3.94. The minimum atomic E-state index is -4.79. The van der Waals surface area contributed by atoms with Crippen LogP contribution in [0.3, 0.4) is 0 Å². The number of ether oxygens (including phenoxy) is 1. The third-order valence-corrected chi connectivity index (χ3v) is 0.697. The van der Waals surface area contributed by atoms with Crippen molar-refractivity contribution in [2.24, 2.45) is 0 Å². The molecular weight excluding hydrogens is 176 g/mol. The first kappa shape index (κ1) is 10.7. The second-order valence-electron chi connectivity index (χ2n) is 1.79. The molecule has 0 aromatic heterocycles. The highest BCUT2D eigenvalue weighted by Crippen LogP contribution is 2.20. The average molecular weight is 182 g/mol. The molecule has 0 saturated carbocycles. The minimum Gasteiger partial charge on any atom is -0.406 e. The Balaban J connectivity index is 3.99. The SMILES string of the molecule is C=C(F)/C=C\C(=C)OC(F)(F)F. The molecule has 0 spiro atoms. The maximum Gasteiger partial charge on any atom is 0.573 e. The van der Waals surface area contributed by atoms with E-state index in [1.807, 2.05) is 0 Å². The van der Waals surface area contributed by atoms with Crippen LogP contribution in [0.15, 0.2) is 36.9 Å². The number of hydrogen-bond acceptors (Lipinski definition) is 1. The lowest BCUT2D eigenvalue weighted by atomic mass is 10.4. The summed E-state index contributed by atoms with van der Waals surface area (Å²) >= 11 is 0. The molecule has 0 bridgehead atoms. The Morgan fingerprint density at radius 1 is 1.17 bits per heavy atom. The van der Waals surface area contributed by atoms with E-state index in [-0.39, 0.29) is 0 Å². The average Bonchev–Trinajstić information content (AvgIpc) is 1.79. The van der Waals surface area contributed by atoms with Crippen molar-refractivity contribution in [1.82, 2.24) is 0 Å². The van der Waals surface area contributed by atoms with E-state index in [4.69, 9.17) is 0 Å². The first-order chi connectivity index (χ1) is 5.31. The van der Waals surface area contributed by atoms with Crippen LogP contribution in [0, 0.1) is 0 Å². The summed E-state index contributed by atoms with van der Waals surface area (Å²) in [5.74, 6) is -1.57. The van der Waals surface area contributed by atoms with E-state index in [0.717, 1.165) is 6.08 Å². The molecule has 0 aliphatic carbocycles. The van der Waals surface area contributed by atoms with E-state index in [1.165, 1.54) is 0 Å². The molecule has 0 radical (unpaired) electrons. The molecular formula is C7H6F4O. The zero-order chi connectivity index (χ0) is 9.78. The molecule has 0 N–H and O–H groups in total. The molecule has 0 aromatic carbocycles. The van der Waals surface area contributed by atoms with Crippen molar-refractivity contribution in [3.05, 3.63) is 36.9 Å². The Hall–Kier alpha value is -1.26. The Labute approximate surface area is 66.6 Å². The fraction of sp³-hybridized carbons (Fsp3) is 0.143. The summed E-state index contributed by atoms with van der Waals surface area (Å²) in [6.45, 7) is 5.67. The lowest BCUT2D eigenvalue weighted by molar-refractivity contribution is -0.303. The van der Waals surface area contributed by atoms with Crippen molar-refractivity contribution in [3.63, 3.8) is 0 Å². The maximum absolute atomic E-state index is 11.8. The first-order valence-corrected chi connectivity index (χ1v) is 2.78. The van der Waals surface area contributed by atoms with Crippen molar-refractivity contribution in [1.29, 1.82) is 0 Å². The monoisotopic (exact) mass is 182 g/mol. The molecule has 1 nitrogen and oxygen atoms in total. The van der Waals surface area contributed by atoms with Gasteiger partial charge in [0, 0.05) is 0 Å². The van der Waals surface area contributed by atoms with E-state index in [1.54, 1.807) is 0 Å². The lowest BCUT2D eigenvalue weighted by Gasteiger charge is -2.07. The predicted octanol–water partition coefficient (Wildman–Crippen LogP) is 3.08. The summed E-state index contributed by atoms with van der Waals surface area (Å²) in [5, 5.41) is 0. The van der Waals surface area contributed by atoms with E-state index >= 15 is 0 Å². The molecule has 0 amide bonds. The number of halogens is 4. The van der Waals surface area contributed by atoms with Crippen LogP contribution in [0.2, 0.25) is 0 Å². The normalized spacial score (nSPS) is 11.7. The molecule has 12 heavy (non-hydrogen) atoms. The van der Waals surface area contributed by atoms with Gasteiger partial charge >= 0.3 is 6.36 Å². The van der Waals surface area contributed by atoms with Crippen molar-refractivity contribution < 1.29 is 22.3 Å². The highest BCUT2D eigenvalue weighted by molar-refractivity contribution is 5.16. The molecule has 0 rings (SSSR count). The van der Waals surface area contributed by atoms with Crippen LogP contribution in [-0.4, -0.2) is 6.36 Å². The van der Waals surface area contributed by atoms with E-state index < -0.39 is 17.9 Å². The number of rotatable bonds is 3. The van der Waals surface area contributed by atoms with Gasteiger partial charge in [0.1, 0.15) is 11.6 Å². The van der Waals surface area contributed by atoms with Crippen molar-refractivity contribution in [2.45, 2.75) is 6.36 Å². The van der Waals surface area contributed by atoms with Gasteiger partial charge in [-0.3, -0.25) is 0 Å². The molecule has 0 saturated heterocycles. The fourth-order valence-corrected chi connectivity index (χ4v) is 0.366. The predicted molar refractivity (Wildman–Crippen MR) is 35.7 cm³/mol. The smallest absolute Gasteiger partial charge is 0.406 e. The quantitative estimate of drug-likeness (QED) is 0.370. The van der Waals surface area contributed by atoms with Gasteiger partial charge in [0.25, 0.3) is 0 Å². The molecule has 0 aromatic rings. The van der Waals surface area contributed by atoms with Gasteiger partial charge in [-0.15, -0.1) is 13.2 Å². The molecule has 0 fully saturated rings. The third kappa shape index (κ3) is 6.85. The summed E-state index contributed by atoms with van der Waals surface area (Å²) in [7, 11) is 0. The lowest BCUT2D eigenvalue weighted by Crippen LogP contribution is -2.11. The highest BCUT2D eigenvalue weighted by atomic mass is 19.4. The Morgan fingerprint density at radius 3 is 2.00 bits per heavy atom. The summed E-state index contributed by atoms with van der Waals surface area (Å²) < 4.78 is 49.3. The van der Waals surface area contributed by atoms with Gasteiger partial charge in [0.2, 0.25) is 0 Å². The molecule has 0 atom stereocenters. The first-order valence-electron chi connectivity index (χ1n) is 2.78. The van der Waals surface area contributed by atoms with E-state index in [9.17, 15) is 17.6 Å². The molecule has 0 heterocycles. The Morgan fingerprint density at radius 2 is 1.67 bits per heavy atom. The molecule has 0 aliphatic rings. The zero-order valence-electron chi connectivity index (χ0n) is 5.99. The summed E-state index contributed by atoms with van der Waals surface area (Å²) in [4.78, 5) is 0. The minimum absolute atomic E-state index is 0.693. The summed E-state index contributed by atoms with van der Waals surface area (Å²) in [6.07, 6.45) is -3.34. The third-order valence-electron chi connectivity index (χ3n) is 0.697.